The van der Waals surface area contributed by atoms with Crippen molar-refractivity contribution < 1.29 is 14.3 Å². The summed E-state index contributed by atoms with van der Waals surface area (Å²) in [5.74, 6) is 2.30. The second kappa shape index (κ2) is 10.9. The van der Waals surface area contributed by atoms with Crippen LogP contribution in [0, 0.1) is 5.92 Å². The molecule has 0 spiro atoms. The van der Waals surface area contributed by atoms with Crippen LogP contribution in [0.3, 0.4) is 0 Å². The van der Waals surface area contributed by atoms with Crippen LogP contribution in [-0.4, -0.2) is 34.2 Å². The molecule has 0 atom stereocenters. The molecule has 0 aliphatic carbocycles. The van der Waals surface area contributed by atoms with Gasteiger partial charge in [-0.1, -0.05) is 62.4 Å². The van der Waals surface area contributed by atoms with Gasteiger partial charge in [0.15, 0.2) is 0 Å². The summed E-state index contributed by atoms with van der Waals surface area (Å²) in [6.45, 7) is 5.21. The van der Waals surface area contributed by atoms with Gasteiger partial charge in [-0.3, -0.25) is 4.79 Å². The number of aromatic nitrogens is 2. The van der Waals surface area contributed by atoms with Crippen molar-refractivity contribution in [1.29, 1.82) is 0 Å². The molecule has 6 heteroatoms. The third kappa shape index (κ3) is 5.72. The number of nitrogens with zero attached hydrogens (tertiary/aromatic N) is 3. The van der Waals surface area contributed by atoms with Gasteiger partial charge >= 0.3 is 0 Å². The van der Waals surface area contributed by atoms with Crippen molar-refractivity contribution in [1.82, 2.24) is 14.7 Å². The monoisotopic (exact) mass is 469 g/mol. The highest BCUT2D eigenvalue weighted by Crippen LogP contribution is 2.35. The lowest BCUT2D eigenvalue weighted by molar-refractivity contribution is 0.0722. The van der Waals surface area contributed by atoms with Crippen LogP contribution in [0.4, 0.5) is 0 Å². The summed E-state index contributed by atoms with van der Waals surface area (Å²) in [4.78, 5) is 15.4. The lowest BCUT2D eigenvalue weighted by atomic mass is 10.1. The molecule has 0 saturated carbocycles. The second-order valence-electron chi connectivity index (χ2n) is 8.85. The predicted octanol–water partition coefficient (Wildman–Crippen LogP) is 6.19. The van der Waals surface area contributed by atoms with E-state index in [1.165, 1.54) is 0 Å². The lowest BCUT2D eigenvalue weighted by Gasteiger charge is -2.25. The largest absolute Gasteiger partial charge is 0.497 e. The van der Waals surface area contributed by atoms with Crippen molar-refractivity contribution in [3.05, 3.63) is 96.1 Å². The van der Waals surface area contributed by atoms with E-state index >= 15 is 0 Å². The Labute approximate surface area is 206 Å². The summed E-state index contributed by atoms with van der Waals surface area (Å²) in [6, 6.07) is 26.8. The molecule has 4 rings (SSSR count). The zero-order valence-electron chi connectivity index (χ0n) is 20.6. The number of hydrogen-bond donors (Lipinski definition) is 0. The Morgan fingerprint density at radius 1 is 0.914 bits per heavy atom. The Morgan fingerprint density at radius 2 is 1.51 bits per heavy atom. The van der Waals surface area contributed by atoms with E-state index in [2.05, 4.69) is 13.8 Å². The molecule has 0 N–H and O–H groups in total. The second-order valence-corrected chi connectivity index (χ2v) is 8.85. The van der Waals surface area contributed by atoms with Gasteiger partial charge in [0.05, 0.1) is 19.2 Å². The molecule has 0 bridgehead atoms. The summed E-state index contributed by atoms with van der Waals surface area (Å²) in [5, 5.41) is 4.80. The van der Waals surface area contributed by atoms with E-state index in [1.807, 2.05) is 96.9 Å². The van der Waals surface area contributed by atoms with Gasteiger partial charge in [-0.15, -0.1) is 0 Å². The normalized spacial score (nSPS) is 10.9. The van der Waals surface area contributed by atoms with Gasteiger partial charge in [-0.05, 0) is 42.3 Å². The highest BCUT2D eigenvalue weighted by molar-refractivity contribution is 5.94. The molecule has 1 heterocycles. The standard InChI is InChI=1S/C29H31N3O3/c1-21(2)19-32(28(33)23-13-9-6-10-14-23)20-26-27(22-11-7-5-8-12-22)30-31(3)29(26)35-25-17-15-24(34-4)16-18-25/h5-18,21H,19-20H2,1-4H3. The van der Waals surface area contributed by atoms with Crippen LogP contribution in [-0.2, 0) is 13.6 Å². The summed E-state index contributed by atoms with van der Waals surface area (Å²) >= 11 is 0. The number of ether oxygens (including phenoxy) is 2. The molecule has 6 nitrogen and oxygen atoms in total. The van der Waals surface area contributed by atoms with Crippen LogP contribution >= 0.6 is 0 Å². The van der Waals surface area contributed by atoms with Gasteiger partial charge < -0.3 is 14.4 Å². The molecule has 1 aromatic heterocycles. The molecule has 0 saturated heterocycles. The first-order chi connectivity index (χ1) is 17.0. The Morgan fingerprint density at radius 3 is 2.11 bits per heavy atom. The topological polar surface area (TPSA) is 56.6 Å². The van der Waals surface area contributed by atoms with E-state index in [9.17, 15) is 4.79 Å². The van der Waals surface area contributed by atoms with Gasteiger partial charge in [0.1, 0.15) is 17.2 Å². The fourth-order valence-corrected chi connectivity index (χ4v) is 4.02. The van der Waals surface area contributed by atoms with Crippen LogP contribution in [0.1, 0.15) is 29.8 Å². The molecular formula is C29H31N3O3. The summed E-state index contributed by atoms with van der Waals surface area (Å²) in [5.41, 5.74) is 3.29. The first kappa shape index (κ1) is 24.1. The Balaban J connectivity index is 1.76. The highest BCUT2D eigenvalue weighted by atomic mass is 16.5. The zero-order valence-corrected chi connectivity index (χ0v) is 20.6. The Hall–Kier alpha value is -4.06. The van der Waals surface area contributed by atoms with Crippen LogP contribution in [0.15, 0.2) is 84.9 Å². The number of benzene rings is 3. The van der Waals surface area contributed by atoms with E-state index in [0.717, 1.165) is 22.6 Å². The first-order valence-corrected chi connectivity index (χ1v) is 11.7. The van der Waals surface area contributed by atoms with Crippen molar-refractivity contribution in [2.45, 2.75) is 20.4 Å². The molecule has 0 aliphatic rings. The molecule has 0 fully saturated rings. The molecule has 1 amide bonds. The van der Waals surface area contributed by atoms with Gasteiger partial charge in [0.25, 0.3) is 5.91 Å². The quantitative estimate of drug-likeness (QED) is 0.293. The number of amides is 1. The lowest BCUT2D eigenvalue weighted by Crippen LogP contribution is -2.34. The van der Waals surface area contributed by atoms with E-state index in [-0.39, 0.29) is 5.91 Å². The van der Waals surface area contributed by atoms with Crippen LogP contribution in [0.25, 0.3) is 11.3 Å². The SMILES string of the molecule is COc1ccc(Oc2c(CN(CC(C)C)C(=O)c3ccccc3)c(-c3ccccc3)nn2C)cc1. The minimum atomic E-state index is -0.0161. The molecular weight excluding hydrogens is 438 g/mol. The van der Waals surface area contributed by atoms with Crippen LogP contribution in [0.2, 0.25) is 0 Å². The average Bonchev–Trinajstić information content (AvgIpc) is 3.19. The van der Waals surface area contributed by atoms with Crippen LogP contribution in [0.5, 0.6) is 17.4 Å². The highest BCUT2D eigenvalue weighted by Gasteiger charge is 2.25. The van der Waals surface area contributed by atoms with Crippen molar-refractivity contribution >= 4 is 5.91 Å². The summed E-state index contributed by atoms with van der Waals surface area (Å²) in [6.07, 6.45) is 0. The molecule has 0 unspecified atom stereocenters. The molecule has 4 aromatic rings. The molecule has 180 valence electrons. The molecule has 3 aromatic carbocycles. The van der Waals surface area contributed by atoms with Gasteiger partial charge in [-0.25, -0.2) is 4.68 Å². The van der Waals surface area contributed by atoms with Crippen molar-refractivity contribution in [3.63, 3.8) is 0 Å². The predicted molar refractivity (Wildman–Crippen MR) is 138 cm³/mol. The first-order valence-electron chi connectivity index (χ1n) is 11.7. The molecule has 0 radical (unpaired) electrons. The Kier molecular flexibility index (Phi) is 7.51. The smallest absolute Gasteiger partial charge is 0.254 e. The van der Waals surface area contributed by atoms with Crippen LogP contribution < -0.4 is 9.47 Å². The minimum absolute atomic E-state index is 0.0161. The number of rotatable bonds is 9. The van der Waals surface area contributed by atoms with E-state index < -0.39 is 0 Å². The maximum atomic E-state index is 13.5. The fraction of sp³-hybridized carbons (Fsp3) is 0.241. The number of hydrogen-bond acceptors (Lipinski definition) is 4. The molecule has 35 heavy (non-hydrogen) atoms. The average molecular weight is 470 g/mol. The van der Waals surface area contributed by atoms with E-state index in [0.29, 0.717) is 36.2 Å². The van der Waals surface area contributed by atoms with E-state index in [4.69, 9.17) is 14.6 Å². The number of methoxy groups -OCH3 is 1. The third-order valence-electron chi connectivity index (χ3n) is 5.65. The summed E-state index contributed by atoms with van der Waals surface area (Å²) < 4.78 is 13.3. The maximum absolute atomic E-state index is 13.5. The maximum Gasteiger partial charge on any atom is 0.254 e. The number of aryl methyl sites for hydroxylation is 1. The van der Waals surface area contributed by atoms with E-state index in [1.54, 1.807) is 11.8 Å². The Bertz CT molecular complexity index is 1250. The summed E-state index contributed by atoms with van der Waals surface area (Å²) in [7, 11) is 3.49. The third-order valence-corrected chi connectivity index (χ3v) is 5.65. The van der Waals surface area contributed by atoms with Gasteiger partial charge in [-0.2, -0.15) is 5.10 Å². The van der Waals surface area contributed by atoms with Gasteiger partial charge in [0, 0.05) is 24.7 Å². The van der Waals surface area contributed by atoms with Crippen molar-refractivity contribution in [2.24, 2.45) is 13.0 Å². The minimum Gasteiger partial charge on any atom is -0.497 e. The fourth-order valence-electron chi connectivity index (χ4n) is 4.02. The number of carbonyl (C=O) groups excluding carboxylic acids is 1. The molecule has 0 aliphatic heterocycles. The number of carbonyl (C=O) groups is 1. The van der Waals surface area contributed by atoms with Gasteiger partial charge in [0.2, 0.25) is 5.88 Å². The zero-order chi connectivity index (χ0) is 24.8. The van der Waals surface area contributed by atoms with Crippen molar-refractivity contribution in [2.75, 3.05) is 13.7 Å². The van der Waals surface area contributed by atoms with Crippen molar-refractivity contribution in [3.8, 4) is 28.6 Å².